The zero-order chi connectivity index (χ0) is 25.7. The molecule has 2 aromatic rings. The van der Waals surface area contributed by atoms with E-state index >= 15 is 0 Å². The second-order valence-electron chi connectivity index (χ2n) is 12.7. The number of hydrogen-bond donors (Lipinski definition) is 1. The molecule has 0 spiro atoms. The van der Waals surface area contributed by atoms with Crippen LogP contribution in [0.1, 0.15) is 76.4 Å². The Hall–Kier alpha value is -2.51. The maximum Gasteiger partial charge on any atom is 0.171 e. The number of H-pyrrole nitrogens is 1. The monoisotopic (exact) mass is 491 g/mol. The lowest BCUT2D eigenvalue weighted by molar-refractivity contribution is -0.0179. The number of hydrogen-bond acceptors (Lipinski definition) is 6. The van der Waals surface area contributed by atoms with E-state index in [-0.39, 0.29) is 18.0 Å². The van der Waals surface area contributed by atoms with Gasteiger partial charge in [0.05, 0.1) is 29.7 Å². The Balaban J connectivity index is 1.46. The summed E-state index contributed by atoms with van der Waals surface area (Å²) >= 11 is 0. The van der Waals surface area contributed by atoms with Crippen molar-refractivity contribution in [3.8, 4) is 0 Å². The van der Waals surface area contributed by atoms with Crippen molar-refractivity contribution in [1.29, 1.82) is 0 Å². The molecule has 2 saturated heterocycles. The van der Waals surface area contributed by atoms with Crippen LogP contribution in [0.25, 0.3) is 16.7 Å². The van der Waals surface area contributed by atoms with E-state index in [9.17, 15) is 4.79 Å². The molecule has 3 aliphatic rings. The lowest BCUT2D eigenvalue weighted by Crippen LogP contribution is -2.36. The Labute approximate surface area is 215 Å². The number of Topliss-reactive ketones (excluding diaryl/α,β-unsaturated/α-hetero) is 1. The van der Waals surface area contributed by atoms with Crippen LogP contribution in [-0.4, -0.2) is 76.0 Å². The fraction of sp³-hybridized carbons (Fsp3) is 0.621. The minimum Gasteiger partial charge on any atom is -0.371 e. The third kappa shape index (κ3) is 5.28. The Morgan fingerprint density at radius 2 is 1.94 bits per heavy atom. The molecule has 194 valence electrons. The van der Waals surface area contributed by atoms with Gasteiger partial charge in [-0.05, 0) is 49.5 Å². The molecule has 0 bridgehead atoms. The summed E-state index contributed by atoms with van der Waals surface area (Å²) in [5.41, 5.74) is 4.91. The fourth-order valence-electron chi connectivity index (χ4n) is 5.54. The lowest BCUT2D eigenvalue weighted by Gasteiger charge is -2.34. The summed E-state index contributed by atoms with van der Waals surface area (Å²) in [6, 6.07) is 0. The van der Waals surface area contributed by atoms with E-state index in [4.69, 9.17) is 9.72 Å². The molecule has 1 N–H and O–H groups in total. The standard InChI is InChI=1S/C29H41N5O2/c1-28(2,3)26(35)23-16-30-27-25(23)32-24(17-31-27)19-13-20(34-12-9-29(4,5)18-34)15-22(14-19)36-21-7-10-33(6)11-8-21/h13,15-17,21-22H,7-12,14,18H2,1-6H3,(H,30,31). The van der Waals surface area contributed by atoms with Crippen molar-refractivity contribution in [2.24, 2.45) is 10.8 Å². The van der Waals surface area contributed by atoms with Crippen molar-refractivity contribution >= 4 is 22.5 Å². The van der Waals surface area contributed by atoms with Gasteiger partial charge in [0.2, 0.25) is 0 Å². The quantitative estimate of drug-likeness (QED) is 0.589. The largest absolute Gasteiger partial charge is 0.371 e. The summed E-state index contributed by atoms with van der Waals surface area (Å²) < 4.78 is 6.67. The molecule has 2 fully saturated rings. The summed E-state index contributed by atoms with van der Waals surface area (Å²) in [5.74, 6) is 0.0705. The van der Waals surface area contributed by atoms with Crippen molar-refractivity contribution in [1.82, 2.24) is 24.8 Å². The number of aromatic nitrogens is 3. The molecule has 0 aromatic carbocycles. The number of allylic oxidation sites excluding steroid dienone is 1. The Morgan fingerprint density at radius 1 is 1.19 bits per heavy atom. The van der Waals surface area contributed by atoms with Crippen molar-refractivity contribution in [3.05, 3.63) is 41.5 Å². The van der Waals surface area contributed by atoms with E-state index in [0.29, 0.717) is 22.1 Å². The van der Waals surface area contributed by atoms with Crippen LogP contribution in [0.5, 0.6) is 0 Å². The highest BCUT2D eigenvalue weighted by Gasteiger charge is 2.33. The van der Waals surface area contributed by atoms with E-state index < -0.39 is 5.41 Å². The number of nitrogens with zero attached hydrogens (tertiary/aromatic N) is 4. The zero-order valence-electron chi connectivity index (χ0n) is 22.7. The molecule has 5 rings (SSSR count). The molecule has 7 heteroatoms. The molecule has 7 nitrogen and oxygen atoms in total. The van der Waals surface area contributed by atoms with Crippen LogP contribution in [0.2, 0.25) is 0 Å². The average Bonchev–Trinajstić information content (AvgIpc) is 3.41. The van der Waals surface area contributed by atoms with Crippen LogP contribution in [0.3, 0.4) is 0 Å². The van der Waals surface area contributed by atoms with Gasteiger partial charge in [-0.25, -0.2) is 9.97 Å². The van der Waals surface area contributed by atoms with Crippen LogP contribution < -0.4 is 0 Å². The molecule has 0 amide bonds. The molecule has 4 heterocycles. The molecule has 1 unspecified atom stereocenters. The topological polar surface area (TPSA) is 74.3 Å². The SMILES string of the molecule is CN1CCC(OC2C=C(N3CCC(C)(C)C3)C=C(c3cnc4[nH]cc(C(=O)C(C)(C)C)c4n3)C2)CC1. The van der Waals surface area contributed by atoms with Crippen LogP contribution in [0.15, 0.2) is 30.2 Å². The van der Waals surface area contributed by atoms with Gasteiger partial charge in [0.25, 0.3) is 0 Å². The number of piperidine rings is 1. The van der Waals surface area contributed by atoms with Crippen LogP contribution in [0, 0.1) is 10.8 Å². The number of likely N-dealkylation sites (tertiary alicyclic amines) is 2. The van der Waals surface area contributed by atoms with E-state index in [2.05, 4.69) is 52.8 Å². The predicted octanol–water partition coefficient (Wildman–Crippen LogP) is 5.07. The van der Waals surface area contributed by atoms with Gasteiger partial charge in [-0.15, -0.1) is 0 Å². The van der Waals surface area contributed by atoms with E-state index in [1.165, 1.54) is 12.1 Å². The van der Waals surface area contributed by atoms with Crippen LogP contribution in [-0.2, 0) is 4.74 Å². The number of nitrogens with one attached hydrogen (secondary N) is 1. The highest BCUT2D eigenvalue weighted by Crippen LogP contribution is 2.36. The van der Waals surface area contributed by atoms with E-state index in [0.717, 1.165) is 56.7 Å². The molecule has 1 aliphatic carbocycles. The van der Waals surface area contributed by atoms with Gasteiger partial charge in [-0.1, -0.05) is 34.6 Å². The molecule has 1 atom stereocenters. The molecule has 2 aliphatic heterocycles. The lowest BCUT2D eigenvalue weighted by atomic mass is 9.87. The summed E-state index contributed by atoms with van der Waals surface area (Å²) in [6.45, 7) is 14.7. The average molecular weight is 492 g/mol. The molecule has 2 aromatic heterocycles. The van der Waals surface area contributed by atoms with Crippen molar-refractivity contribution < 1.29 is 9.53 Å². The van der Waals surface area contributed by atoms with Gasteiger partial charge in [0.15, 0.2) is 11.4 Å². The van der Waals surface area contributed by atoms with E-state index in [1.807, 2.05) is 27.0 Å². The molecule has 36 heavy (non-hydrogen) atoms. The molecular weight excluding hydrogens is 450 g/mol. The summed E-state index contributed by atoms with van der Waals surface area (Å²) in [6.07, 6.45) is 12.5. The summed E-state index contributed by atoms with van der Waals surface area (Å²) in [5, 5.41) is 0. The Kier molecular flexibility index (Phi) is 6.58. The highest BCUT2D eigenvalue weighted by molar-refractivity contribution is 6.08. The van der Waals surface area contributed by atoms with Gasteiger partial charge in [-0.2, -0.15) is 0 Å². The minimum atomic E-state index is -0.484. The zero-order valence-corrected chi connectivity index (χ0v) is 22.7. The van der Waals surface area contributed by atoms with Gasteiger partial charge in [0, 0.05) is 49.9 Å². The first-order chi connectivity index (χ1) is 17.0. The van der Waals surface area contributed by atoms with Crippen molar-refractivity contribution in [2.75, 3.05) is 33.2 Å². The first kappa shape index (κ1) is 25.2. The smallest absolute Gasteiger partial charge is 0.171 e. The van der Waals surface area contributed by atoms with Gasteiger partial charge < -0.3 is 19.5 Å². The Morgan fingerprint density at radius 3 is 2.61 bits per heavy atom. The maximum atomic E-state index is 13.1. The normalized spacial score (nSPS) is 23.7. The molecule has 0 saturated carbocycles. The van der Waals surface area contributed by atoms with Crippen LogP contribution in [0.4, 0.5) is 0 Å². The third-order valence-electron chi connectivity index (χ3n) is 7.81. The van der Waals surface area contributed by atoms with Crippen molar-refractivity contribution in [3.63, 3.8) is 0 Å². The number of fused-ring (bicyclic) bond motifs is 1. The maximum absolute atomic E-state index is 13.1. The molecule has 0 radical (unpaired) electrons. The van der Waals surface area contributed by atoms with Crippen LogP contribution >= 0.6 is 0 Å². The predicted molar refractivity (Wildman–Crippen MR) is 144 cm³/mol. The van der Waals surface area contributed by atoms with Gasteiger partial charge >= 0.3 is 0 Å². The second kappa shape index (κ2) is 9.42. The van der Waals surface area contributed by atoms with Gasteiger partial charge in [0.1, 0.15) is 5.52 Å². The number of ether oxygens (including phenoxy) is 1. The number of ketones is 1. The number of carbonyl (C=O) groups excluding carboxylic acids is 1. The first-order valence-electron chi connectivity index (χ1n) is 13.4. The number of rotatable bonds is 5. The summed E-state index contributed by atoms with van der Waals surface area (Å²) in [4.78, 5) is 30.7. The summed E-state index contributed by atoms with van der Waals surface area (Å²) in [7, 11) is 2.18. The van der Waals surface area contributed by atoms with Crippen molar-refractivity contribution in [2.45, 2.75) is 72.5 Å². The highest BCUT2D eigenvalue weighted by atomic mass is 16.5. The molecular formula is C29H41N5O2. The fourth-order valence-corrected chi connectivity index (χ4v) is 5.54. The second-order valence-corrected chi connectivity index (χ2v) is 12.7. The first-order valence-corrected chi connectivity index (χ1v) is 13.4. The number of aromatic amines is 1. The third-order valence-corrected chi connectivity index (χ3v) is 7.81. The minimum absolute atomic E-state index is 0.0107. The Bertz CT molecular complexity index is 1190. The van der Waals surface area contributed by atoms with E-state index in [1.54, 1.807) is 6.20 Å². The number of carbonyl (C=O) groups is 1. The van der Waals surface area contributed by atoms with Gasteiger partial charge in [-0.3, -0.25) is 4.79 Å².